The first kappa shape index (κ1) is 13.5. The predicted octanol–water partition coefficient (Wildman–Crippen LogP) is 3.87. The summed E-state index contributed by atoms with van der Waals surface area (Å²) in [5, 5.41) is 0. The third-order valence-electron chi connectivity index (χ3n) is 3.15. The Bertz CT molecular complexity index is 294. The standard InChI is InChI=1S/C14H22ClN/c1-4-12(2)14-7-5-13(6-8-14)9-10-16(3)11-15/h5-8,12H,4,9-11H2,1-3H3. The van der Waals surface area contributed by atoms with Crippen molar-refractivity contribution in [2.75, 3.05) is 19.6 Å². The van der Waals surface area contributed by atoms with E-state index in [9.17, 15) is 0 Å². The first-order chi connectivity index (χ1) is 7.67. The Hall–Kier alpha value is -0.530. The molecule has 1 aromatic rings. The fourth-order valence-corrected chi connectivity index (χ4v) is 1.75. The van der Waals surface area contributed by atoms with Crippen molar-refractivity contribution in [3.8, 4) is 0 Å². The highest BCUT2D eigenvalue weighted by atomic mass is 35.5. The van der Waals surface area contributed by atoms with Gasteiger partial charge in [0.15, 0.2) is 0 Å². The monoisotopic (exact) mass is 239 g/mol. The van der Waals surface area contributed by atoms with Crippen LogP contribution in [-0.4, -0.2) is 24.5 Å². The lowest BCUT2D eigenvalue weighted by Gasteiger charge is -2.13. The molecule has 0 spiro atoms. The van der Waals surface area contributed by atoms with Crippen LogP contribution in [-0.2, 0) is 6.42 Å². The summed E-state index contributed by atoms with van der Waals surface area (Å²) in [7, 11) is 2.04. The van der Waals surface area contributed by atoms with Crippen molar-refractivity contribution in [1.82, 2.24) is 4.90 Å². The van der Waals surface area contributed by atoms with Gasteiger partial charge < -0.3 is 0 Å². The van der Waals surface area contributed by atoms with Crippen LogP contribution in [0.2, 0.25) is 0 Å². The van der Waals surface area contributed by atoms with Crippen molar-refractivity contribution in [3.05, 3.63) is 35.4 Å². The zero-order chi connectivity index (χ0) is 12.0. The molecule has 0 aliphatic carbocycles. The number of halogens is 1. The van der Waals surface area contributed by atoms with Gasteiger partial charge in [0.25, 0.3) is 0 Å². The van der Waals surface area contributed by atoms with E-state index in [-0.39, 0.29) is 0 Å². The molecule has 0 aliphatic heterocycles. The Labute approximate surface area is 104 Å². The zero-order valence-electron chi connectivity index (χ0n) is 10.5. The minimum atomic E-state index is 0.602. The highest BCUT2D eigenvalue weighted by Crippen LogP contribution is 2.18. The van der Waals surface area contributed by atoms with E-state index in [1.807, 2.05) is 7.05 Å². The van der Waals surface area contributed by atoms with Crippen LogP contribution in [0.1, 0.15) is 37.3 Å². The molecule has 2 heteroatoms. The number of hydrogen-bond donors (Lipinski definition) is 0. The van der Waals surface area contributed by atoms with Gasteiger partial charge in [0, 0.05) is 6.54 Å². The van der Waals surface area contributed by atoms with Crippen LogP contribution >= 0.6 is 11.6 Å². The quantitative estimate of drug-likeness (QED) is 0.538. The third-order valence-corrected chi connectivity index (χ3v) is 3.56. The Morgan fingerprint density at radius 2 is 1.88 bits per heavy atom. The van der Waals surface area contributed by atoms with Crippen molar-refractivity contribution in [2.24, 2.45) is 0 Å². The average Bonchev–Trinajstić information content (AvgIpc) is 2.35. The fraction of sp³-hybridized carbons (Fsp3) is 0.571. The van der Waals surface area contributed by atoms with Crippen LogP contribution in [0.4, 0.5) is 0 Å². The maximum absolute atomic E-state index is 5.73. The lowest BCUT2D eigenvalue weighted by Crippen LogP contribution is -2.19. The normalized spacial score (nSPS) is 13.1. The number of benzene rings is 1. The molecular weight excluding hydrogens is 218 g/mol. The minimum absolute atomic E-state index is 0.602. The Morgan fingerprint density at radius 3 is 2.38 bits per heavy atom. The van der Waals surface area contributed by atoms with Crippen molar-refractivity contribution in [2.45, 2.75) is 32.6 Å². The molecule has 1 aromatic carbocycles. The molecule has 0 amide bonds. The number of alkyl halides is 1. The summed E-state index contributed by atoms with van der Waals surface area (Å²) in [5.41, 5.74) is 2.83. The molecule has 0 bridgehead atoms. The first-order valence-corrected chi connectivity index (χ1v) is 6.54. The van der Waals surface area contributed by atoms with Gasteiger partial charge >= 0.3 is 0 Å². The summed E-state index contributed by atoms with van der Waals surface area (Å²) in [6, 6.07) is 9.59. The molecule has 0 aliphatic rings. The smallest absolute Gasteiger partial charge is 0.0736 e. The van der Waals surface area contributed by atoms with Gasteiger partial charge in [0.1, 0.15) is 0 Å². The number of hydrogen-bond acceptors (Lipinski definition) is 1. The molecule has 0 radical (unpaired) electrons. The number of rotatable bonds is 6. The molecule has 1 nitrogen and oxygen atoms in total. The second kappa shape index (κ2) is 6.93. The topological polar surface area (TPSA) is 3.24 Å². The van der Waals surface area contributed by atoms with Crippen molar-refractivity contribution >= 4 is 11.6 Å². The third kappa shape index (κ3) is 4.15. The van der Waals surface area contributed by atoms with Crippen molar-refractivity contribution < 1.29 is 0 Å². The minimum Gasteiger partial charge on any atom is -0.293 e. The van der Waals surface area contributed by atoms with E-state index in [0.717, 1.165) is 13.0 Å². The maximum atomic E-state index is 5.73. The van der Waals surface area contributed by atoms with Crippen LogP contribution in [0.5, 0.6) is 0 Å². The van der Waals surface area contributed by atoms with Crippen molar-refractivity contribution in [3.63, 3.8) is 0 Å². The molecule has 1 unspecified atom stereocenters. The van der Waals surface area contributed by atoms with E-state index in [0.29, 0.717) is 11.9 Å². The molecule has 1 rings (SSSR count). The first-order valence-electron chi connectivity index (χ1n) is 6.00. The summed E-state index contributed by atoms with van der Waals surface area (Å²) in [6.07, 6.45) is 2.28. The lowest BCUT2D eigenvalue weighted by molar-refractivity contribution is 0.394. The SMILES string of the molecule is CCC(C)c1ccc(CCN(C)CCl)cc1. The summed E-state index contributed by atoms with van der Waals surface area (Å²) < 4.78 is 0. The van der Waals surface area contributed by atoms with Gasteiger partial charge in [-0.15, -0.1) is 11.6 Å². The maximum Gasteiger partial charge on any atom is 0.0736 e. The Kier molecular flexibility index (Phi) is 5.86. The van der Waals surface area contributed by atoms with E-state index in [4.69, 9.17) is 11.6 Å². The fourth-order valence-electron chi connectivity index (χ4n) is 1.63. The van der Waals surface area contributed by atoms with E-state index >= 15 is 0 Å². The average molecular weight is 240 g/mol. The lowest BCUT2D eigenvalue weighted by atomic mass is 9.97. The van der Waals surface area contributed by atoms with Gasteiger partial charge in [-0.3, -0.25) is 4.90 Å². The van der Waals surface area contributed by atoms with Gasteiger partial charge in [-0.25, -0.2) is 0 Å². The largest absolute Gasteiger partial charge is 0.293 e. The van der Waals surface area contributed by atoms with Crippen LogP contribution in [0.3, 0.4) is 0 Å². The zero-order valence-corrected chi connectivity index (χ0v) is 11.3. The molecule has 0 N–H and O–H groups in total. The van der Waals surface area contributed by atoms with Gasteiger partial charge in [0.05, 0.1) is 6.00 Å². The molecule has 90 valence electrons. The Balaban J connectivity index is 2.51. The van der Waals surface area contributed by atoms with Crippen LogP contribution < -0.4 is 0 Å². The number of nitrogens with zero attached hydrogens (tertiary/aromatic N) is 1. The van der Waals surface area contributed by atoms with Gasteiger partial charge in [-0.1, -0.05) is 38.1 Å². The second-order valence-electron chi connectivity index (χ2n) is 4.50. The summed E-state index contributed by atoms with van der Waals surface area (Å²) >= 11 is 5.73. The predicted molar refractivity (Wildman–Crippen MR) is 72.2 cm³/mol. The molecule has 0 fully saturated rings. The number of likely N-dealkylation sites (N-methyl/N-ethyl adjacent to an activating group) is 1. The van der Waals surface area contributed by atoms with E-state index in [1.165, 1.54) is 17.5 Å². The van der Waals surface area contributed by atoms with Crippen LogP contribution in [0.25, 0.3) is 0 Å². The summed E-state index contributed by atoms with van der Waals surface area (Å²) in [4.78, 5) is 2.12. The summed E-state index contributed by atoms with van der Waals surface area (Å²) in [6.45, 7) is 5.52. The Morgan fingerprint density at radius 1 is 1.25 bits per heavy atom. The van der Waals surface area contributed by atoms with Crippen molar-refractivity contribution in [1.29, 1.82) is 0 Å². The highest BCUT2D eigenvalue weighted by molar-refractivity contribution is 6.17. The molecule has 16 heavy (non-hydrogen) atoms. The van der Waals surface area contributed by atoms with Crippen LogP contribution in [0, 0.1) is 0 Å². The molecule has 0 heterocycles. The van der Waals surface area contributed by atoms with E-state index < -0.39 is 0 Å². The van der Waals surface area contributed by atoms with E-state index in [1.54, 1.807) is 0 Å². The van der Waals surface area contributed by atoms with Gasteiger partial charge in [-0.05, 0) is 36.9 Å². The summed E-state index contributed by atoms with van der Waals surface area (Å²) in [5.74, 6) is 0.666. The van der Waals surface area contributed by atoms with E-state index in [2.05, 4.69) is 43.0 Å². The second-order valence-corrected chi connectivity index (χ2v) is 4.74. The molecule has 0 saturated carbocycles. The molecular formula is C14H22ClN. The van der Waals surface area contributed by atoms with Crippen LogP contribution in [0.15, 0.2) is 24.3 Å². The van der Waals surface area contributed by atoms with Gasteiger partial charge in [-0.2, -0.15) is 0 Å². The molecule has 0 saturated heterocycles. The molecule has 1 atom stereocenters. The molecule has 0 aromatic heterocycles. The highest BCUT2D eigenvalue weighted by Gasteiger charge is 2.02. The van der Waals surface area contributed by atoms with Gasteiger partial charge in [0.2, 0.25) is 0 Å².